The topological polar surface area (TPSA) is 88.8 Å². The normalized spacial score (nSPS) is 14.9. The van der Waals surface area contributed by atoms with Crippen molar-refractivity contribution >= 4 is 9.84 Å². The third-order valence-electron chi connectivity index (χ3n) is 3.76. The lowest BCUT2D eigenvalue weighted by Crippen LogP contribution is -2.19. The van der Waals surface area contributed by atoms with E-state index < -0.39 is 9.84 Å². The van der Waals surface area contributed by atoms with Gasteiger partial charge in [0.15, 0.2) is 9.84 Å². The minimum absolute atomic E-state index is 0.126. The molecule has 0 spiro atoms. The van der Waals surface area contributed by atoms with Gasteiger partial charge in [-0.25, -0.2) is 13.4 Å². The Morgan fingerprint density at radius 2 is 1.90 bits per heavy atom. The predicted octanol–water partition coefficient (Wildman–Crippen LogP) is 2.53. The van der Waals surface area contributed by atoms with Crippen LogP contribution in [-0.2, 0) is 9.84 Å². The van der Waals surface area contributed by atoms with Crippen molar-refractivity contribution in [3.63, 3.8) is 0 Å². The summed E-state index contributed by atoms with van der Waals surface area (Å²) in [6, 6.07) is 6.60. The molecule has 21 heavy (non-hydrogen) atoms. The summed E-state index contributed by atoms with van der Waals surface area (Å²) in [5, 5.41) is 0. The highest BCUT2D eigenvalue weighted by atomic mass is 32.2. The van der Waals surface area contributed by atoms with Crippen LogP contribution in [0.15, 0.2) is 35.4 Å². The highest BCUT2D eigenvalue weighted by Gasteiger charge is 2.17. The van der Waals surface area contributed by atoms with Crippen LogP contribution in [-0.4, -0.2) is 24.6 Å². The van der Waals surface area contributed by atoms with E-state index in [4.69, 9.17) is 5.73 Å². The molecule has 0 aliphatic carbocycles. The molecule has 1 heterocycles. The molecule has 1 aromatic heterocycles. The number of nitrogens with two attached hydrogens (primary N) is 1. The molecule has 2 atom stereocenters. The molecule has 2 unspecified atom stereocenters. The molecule has 0 bridgehead atoms. The summed E-state index contributed by atoms with van der Waals surface area (Å²) < 4.78 is 22.9. The van der Waals surface area contributed by atoms with Crippen LogP contribution in [0.25, 0.3) is 11.3 Å². The van der Waals surface area contributed by atoms with Crippen LogP contribution < -0.4 is 5.73 Å². The number of benzene rings is 1. The number of aromatic amines is 1. The van der Waals surface area contributed by atoms with Crippen LogP contribution in [0, 0.1) is 5.92 Å². The summed E-state index contributed by atoms with van der Waals surface area (Å²) in [7, 11) is -3.17. The van der Waals surface area contributed by atoms with Crippen LogP contribution in [0.3, 0.4) is 0 Å². The van der Waals surface area contributed by atoms with E-state index in [9.17, 15) is 8.42 Å². The van der Waals surface area contributed by atoms with Crippen molar-refractivity contribution < 1.29 is 8.42 Å². The van der Waals surface area contributed by atoms with Crippen molar-refractivity contribution in [2.45, 2.75) is 31.2 Å². The Balaban J connectivity index is 2.26. The second-order valence-corrected chi connectivity index (χ2v) is 7.41. The second-order valence-electron chi connectivity index (χ2n) is 5.39. The zero-order valence-corrected chi connectivity index (χ0v) is 13.3. The van der Waals surface area contributed by atoms with Crippen molar-refractivity contribution in [1.29, 1.82) is 0 Å². The van der Waals surface area contributed by atoms with Crippen LogP contribution in [0.4, 0.5) is 0 Å². The summed E-state index contributed by atoms with van der Waals surface area (Å²) in [6.07, 6.45) is 3.91. The number of imidazole rings is 1. The average Bonchev–Trinajstić information content (AvgIpc) is 2.94. The van der Waals surface area contributed by atoms with E-state index in [0.29, 0.717) is 10.8 Å². The quantitative estimate of drug-likeness (QED) is 0.888. The van der Waals surface area contributed by atoms with Crippen molar-refractivity contribution in [2.75, 3.05) is 6.26 Å². The minimum Gasteiger partial charge on any atom is -0.341 e. The number of nitrogens with one attached hydrogen (secondary N) is 1. The van der Waals surface area contributed by atoms with Crippen molar-refractivity contribution in [3.05, 3.63) is 36.3 Å². The molecule has 0 amide bonds. The number of hydrogen-bond donors (Lipinski definition) is 2. The molecule has 6 heteroatoms. The van der Waals surface area contributed by atoms with E-state index in [1.807, 2.05) is 0 Å². The maximum atomic E-state index is 11.4. The van der Waals surface area contributed by atoms with Crippen LogP contribution in [0.2, 0.25) is 0 Å². The molecule has 1 aromatic carbocycles. The van der Waals surface area contributed by atoms with Gasteiger partial charge >= 0.3 is 0 Å². The van der Waals surface area contributed by atoms with Gasteiger partial charge in [-0.15, -0.1) is 0 Å². The van der Waals surface area contributed by atoms with E-state index in [1.54, 1.807) is 30.5 Å². The molecule has 0 saturated heterocycles. The highest BCUT2D eigenvalue weighted by Crippen LogP contribution is 2.24. The summed E-state index contributed by atoms with van der Waals surface area (Å²) in [5.41, 5.74) is 7.87. The van der Waals surface area contributed by atoms with E-state index in [1.165, 1.54) is 6.26 Å². The molecular formula is C15H21N3O2S. The Kier molecular flexibility index (Phi) is 4.49. The standard InChI is InChI=1S/C15H21N3O2S/c1-4-10(2)14(16)15-17-9-13(18-15)11-5-7-12(8-6-11)21(3,19)20/h5-10,14H,4,16H2,1-3H3,(H,17,18). The van der Waals surface area contributed by atoms with Gasteiger partial charge in [-0.05, 0) is 23.6 Å². The first-order valence-electron chi connectivity index (χ1n) is 6.94. The van der Waals surface area contributed by atoms with Gasteiger partial charge in [0, 0.05) is 6.26 Å². The number of H-pyrrole nitrogens is 1. The van der Waals surface area contributed by atoms with Gasteiger partial charge in [-0.3, -0.25) is 0 Å². The summed E-state index contributed by atoms with van der Waals surface area (Å²) >= 11 is 0. The molecule has 0 fully saturated rings. The molecule has 5 nitrogen and oxygen atoms in total. The molecule has 2 rings (SSSR count). The fourth-order valence-corrected chi connectivity index (χ4v) is 2.69. The van der Waals surface area contributed by atoms with E-state index >= 15 is 0 Å². The van der Waals surface area contributed by atoms with Crippen molar-refractivity contribution in [3.8, 4) is 11.3 Å². The molecule has 0 aliphatic rings. The zero-order chi connectivity index (χ0) is 15.6. The monoisotopic (exact) mass is 307 g/mol. The lowest BCUT2D eigenvalue weighted by atomic mass is 10.00. The number of nitrogens with zero attached hydrogens (tertiary/aromatic N) is 1. The molecule has 0 aliphatic heterocycles. The number of rotatable bonds is 5. The lowest BCUT2D eigenvalue weighted by molar-refractivity contribution is 0.441. The van der Waals surface area contributed by atoms with Crippen LogP contribution >= 0.6 is 0 Å². The average molecular weight is 307 g/mol. The molecule has 0 saturated carbocycles. The van der Waals surface area contributed by atoms with Gasteiger partial charge < -0.3 is 10.7 Å². The lowest BCUT2D eigenvalue weighted by Gasteiger charge is -2.15. The number of hydrogen-bond acceptors (Lipinski definition) is 4. The van der Waals surface area contributed by atoms with Gasteiger partial charge in [0.25, 0.3) is 0 Å². The predicted molar refractivity (Wildman–Crippen MR) is 83.5 cm³/mol. The van der Waals surface area contributed by atoms with Crippen LogP contribution in [0.1, 0.15) is 32.1 Å². The van der Waals surface area contributed by atoms with Gasteiger partial charge in [0.2, 0.25) is 0 Å². The Morgan fingerprint density at radius 3 is 2.43 bits per heavy atom. The van der Waals surface area contributed by atoms with Gasteiger partial charge in [-0.2, -0.15) is 0 Å². The summed E-state index contributed by atoms with van der Waals surface area (Å²) in [5.74, 6) is 1.10. The third kappa shape index (κ3) is 3.51. The highest BCUT2D eigenvalue weighted by molar-refractivity contribution is 7.90. The minimum atomic E-state index is -3.17. The Bertz CT molecular complexity index is 705. The molecule has 114 valence electrons. The largest absolute Gasteiger partial charge is 0.341 e. The summed E-state index contributed by atoms with van der Waals surface area (Å²) in [6.45, 7) is 4.19. The zero-order valence-electron chi connectivity index (χ0n) is 12.5. The molecule has 3 N–H and O–H groups in total. The Morgan fingerprint density at radius 1 is 1.29 bits per heavy atom. The Labute approximate surface area is 125 Å². The number of sulfone groups is 1. The molecule has 0 radical (unpaired) electrons. The molecular weight excluding hydrogens is 286 g/mol. The first-order chi connectivity index (χ1) is 9.82. The number of aromatic nitrogens is 2. The van der Waals surface area contributed by atoms with E-state index in [-0.39, 0.29) is 6.04 Å². The fourth-order valence-electron chi connectivity index (χ4n) is 2.06. The second kappa shape index (κ2) is 5.99. The first kappa shape index (κ1) is 15.7. The smallest absolute Gasteiger partial charge is 0.175 e. The summed E-state index contributed by atoms with van der Waals surface area (Å²) in [4.78, 5) is 7.86. The van der Waals surface area contributed by atoms with Crippen molar-refractivity contribution in [1.82, 2.24) is 9.97 Å². The maximum Gasteiger partial charge on any atom is 0.175 e. The SMILES string of the molecule is CCC(C)C(N)c1ncc(-c2ccc(S(C)(=O)=O)cc2)[nH]1. The maximum absolute atomic E-state index is 11.4. The first-order valence-corrected chi connectivity index (χ1v) is 8.83. The van der Waals surface area contributed by atoms with Gasteiger partial charge in [0.1, 0.15) is 5.82 Å². The Hall–Kier alpha value is -1.66. The molecule has 2 aromatic rings. The van der Waals surface area contributed by atoms with Gasteiger partial charge in [0.05, 0.1) is 22.8 Å². The van der Waals surface area contributed by atoms with E-state index in [2.05, 4.69) is 23.8 Å². The fraction of sp³-hybridized carbons (Fsp3) is 0.400. The third-order valence-corrected chi connectivity index (χ3v) is 4.89. The van der Waals surface area contributed by atoms with Crippen molar-refractivity contribution in [2.24, 2.45) is 11.7 Å². The van der Waals surface area contributed by atoms with E-state index in [0.717, 1.165) is 23.5 Å². The van der Waals surface area contributed by atoms with Crippen LogP contribution in [0.5, 0.6) is 0 Å². The van der Waals surface area contributed by atoms with Gasteiger partial charge in [-0.1, -0.05) is 32.4 Å².